The van der Waals surface area contributed by atoms with Gasteiger partial charge in [0.25, 0.3) is 0 Å². The van der Waals surface area contributed by atoms with Crippen molar-refractivity contribution >= 4 is 5.69 Å². The van der Waals surface area contributed by atoms with E-state index in [1.54, 1.807) is 14.2 Å². The number of nitrogens with zero attached hydrogens (tertiary/aromatic N) is 1. The molecule has 100 valence electrons. The molecule has 1 heterocycles. The van der Waals surface area contributed by atoms with Crippen molar-refractivity contribution in [1.82, 2.24) is 0 Å². The average molecular weight is 250 g/mol. The maximum absolute atomic E-state index is 5.98. The molecule has 0 spiro atoms. The second kappa shape index (κ2) is 5.48. The molecule has 1 aliphatic rings. The summed E-state index contributed by atoms with van der Waals surface area (Å²) < 4.78 is 10.7. The van der Waals surface area contributed by atoms with Gasteiger partial charge < -0.3 is 20.1 Å². The molecule has 1 aromatic carbocycles. The largest absolute Gasteiger partial charge is 0.497 e. The second-order valence-electron chi connectivity index (χ2n) is 4.89. The quantitative estimate of drug-likeness (QED) is 0.886. The second-order valence-corrected chi connectivity index (χ2v) is 4.89. The summed E-state index contributed by atoms with van der Waals surface area (Å²) in [5.74, 6) is 2.25. The van der Waals surface area contributed by atoms with Gasteiger partial charge in [-0.05, 0) is 31.4 Å². The van der Waals surface area contributed by atoms with E-state index in [9.17, 15) is 0 Å². The molecular formula is C14H22N2O2. The van der Waals surface area contributed by atoms with Crippen LogP contribution in [0.3, 0.4) is 0 Å². The molecule has 1 fully saturated rings. The molecule has 0 aliphatic carbocycles. The van der Waals surface area contributed by atoms with Crippen LogP contribution in [0.5, 0.6) is 11.5 Å². The fourth-order valence-corrected chi connectivity index (χ4v) is 2.48. The molecule has 2 atom stereocenters. The molecule has 1 aliphatic heterocycles. The van der Waals surface area contributed by atoms with Gasteiger partial charge in [0.2, 0.25) is 0 Å². The Morgan fingerprint density at radius 2 is 2.11 bits per heavy atom. The van der Waals surface area contributed by atoms with Crippen molar-refractivity contribution in [3.8, 4) is 11.5 Å². The van der Waals surface area contributed by atoms with Gasteiger partial charge in [0.1, 0.15) is 11.5 Å². The topological polar surface area (TPSA) is 47.7 Å². The maximum atomic E-state index is 5.98. The monoisotopic (exact) mass is 250 g/mol. The molecule has 18 heavy (non-hydrogen) atoms. The minimum atomic E-state index is 0.249. The van der Waals surface area contributed by atoms with Crippen molar-refractivity contribution in [3.05, 3.63) is 18.2 Å². The van der Waals surface area contributed by atoms with E-state index in [2.05, 4.69) is 17.9 Å². The molecule has 0 saturated carbocycles. The van der Waals surface area contributed by atoms with Crippen molar-refractivity contribution in [2.45, 2.75) is 19.4 Å². The third-order valence-corrected chi connectivity index (χ3v) is 3.70. The van der Waals surface area contributed by atoms with Gasteiger partial charge in [-0.2, -0.15) is 0 Å². The van der Waals surface area contributed by atoms with Gasteiger partial charge in [0.15, 0.2) is 0 Å². The summed E-state index contributed by atoms with van der Waals surface area (Å²) in [6.07, 6.45) is 1.15. The number of anilines is 1. The zero-order valence-electron chi connectivity index (χ0n) is 11.3. The van der Waals surface area contributed by atoms with Crippen LogP contribution in [0.4, 0.5) is 5.69 Å². The molecule has 0 bridgehead atoms. The van der Waals surface area contributed by atoms with Gasteiger partial charge in [0.05, 0.1) is 19.9 Å². The van der Waals surface area contributed by atoms with E-state index in [4.69, 9.17) is 15.2 Å². The van der Waals surface area contributed by atoms with Gasteiger partial charge in [-0.3, -0.25) is 0 Å². The Labute approximate surface area is 109 Å². The zero-order valence-corrected chi connectivity index (χ0v) is 11.3. The summed E-state index contributed by atoms with van der Waals surface area (Å²) in [6.45, 7) is 4.12. The lowest BCUT2D eigenvalue weighted by Gasteiger charge is -2.22. The first-order chi connectivity index (χ1) is 8.65. The molecule has 2 unspecified atom stereocenters. The van der Waals surface area contributed by atoms with Crippen LogP contribution < -0.4 is 20.1 Å². The number of ether oxygens (including phenoxy) is 2. The highest BCUT2D eigenvalue weighted by molar-refractivity contribution is 5.61. The first kappa shape index (κ1) is 13.0. The molecule has 1 aromatic rings. The summed E-state index contributed by atoms with van der Waals surface area (Å²) in [6, 6.07) is 6.20. The number of rotatable bonds is 4. The van der Waals surface area contributed by atoms with E-state index in [0.717, 1.165) is 36.7 Å². The summed E-state index contributed by atoms with van der Waals surface area (Å²) in [5.41, 5.74) is 7.10. The molecule has 4 heteroatoms. The first-order valence-corrected chi connectivity index (χ1v) is 6.38. The Bertz CT molecular complexity index is 407. The van der Waals surface area contributed by atoms with Crippen LogP contribution in [0, 0.1) is 5.92 Å². The van der Waals surface area contributed by atoms with E-state index in [1.807, 2.05) is 12.1 Å². The Morgan fingerprint density at radius 3 is 2.67 bits per heavy atom. The summed E-state index contributed by atoms with van der Waals surface area (Å²) >= 11 is 0. The minimum Gasteiger partial charge on any atom is -0.497 e. The van der Waals surface area contributed by atoms with Crippen molar-refractivity contribution in [1.29, 1.82) is 0 Å². The zero-order chi connectivity index (χ0) is 13.1. The number of benzene rings is 1. The van der Waals surface area contributed by atoms with E-state index in [-0.39, 0.29) is 6.04 Å². The average Bonchev–Trinajstić information content (AvgIpc) is 2.87. The third-order valence-electron chi connectivity index (χ3n) is 3.70. The van der Waals surface area contributed by atoms with Gasteiger partial charge in [0, 0.05) is 25.2 Å². The molecular weight excluding hydrogens is 228 g/mol. The Kier molecular flexibility index (Phi) is 3.97. The van der Waals surface area contributed by atoms with Gasteiger partial charge in [-0.15, -0.1) is 0 Å². The molecule has 2 rings (SSSR count). The molecule has 2 N–H and O–H groups in total. The molecule has 0 radical (unpaired) electrons. The Morgan fingerprint density at radius 1 is 1.33 bits per heavy atom. The number of nitrogens with two attached hydrogens (primary N) is 1. The van der Waals surface area contributed by atoms with Gasteiger partial charge >= 0.3 is 0 Å². The molecule has 0 amide bonds. The number of methoxy groups -OCH3 is 2. The SMILES string of the molecule is COc1ccc(N2CCC(C(C)N)C2)c(OC)c1. The lowest BCUT2D eigenvalue weighted by atomic mass is 10.0. The van der Waals surface area contributed by atoms with Crippen molar-refractivity contribution in [2.75, 3.05) is 32.2 Å². The lowest BCUT2D eigenvalue weighted by molar-refractivity contribution is 0.394. The fraction of sp³-hybridized carbons (Fsp3) is 0.571. The summed E-state index contributed by atoms with van der Waals surface area (Å²) in [5, 5.41) is 0. The van der Waals surface area contributed by atoms with Crippen LogP contribution in [-0.2, 0) is 0 Å². The Balaban J connectivity index is 2.18. The molecule has 1 saturated heterocycles. The summed E-state index contributed by atoms with van der Waals surface area (Å²) in [4.78, 5) is 2.34. The molecule has 0 aromatic heterocycles. The van der Waals surface area contributed by atoms with Crippen LogP contribution in [0.2, 0.25) is 0 Å². The van der Waals surface area contributed by atoms with Gasteiger partial charge in [-0.1, -0.05) is 0 Å². The number of hydrogen-bond donors (Lipinski definition) is 1. The van der Waals surface area contributed by atoms with Crippen molar-refractivity contribution in [2.24, 2.45) is 11.7 Å². The predicted molar refractivity (Wildman–Crippen MR) is 73.5 cm³/mol. The minimum absolute atomic E-state index is 0.249. The van der Waals surface area contributed by atoms with Crippen LogP contribution in [0.1, 0.15) is 13.3 Å². The highest BCUT2D eigenvalue weighted by Gasteiger charge is 2.27. The van der Waals surface area contributed by atoms with E-state index >= 15 is 0 Å². The van der Waals surface area contributed by atoms with E-state index < -0.39 is 0 Å². The van der Waals surface area contributed by atoms with Crippen LogP contribution in [-0.4, -0.2) is 33.4 Å². The smallest absolute Gasteiger partial charge is 0.145 e. The van der Waals surface area contributed by atoms with Gasteiger partial charge in [-0.25, -0.2) is 0 Å². The highest BCUT2D eigenvalue weighted by atomic mass is 16.5. The highest BCUT2D eigenvalue weighted by Crippen LogP contribution is 2.35. The standard InChI is InChI=1S/C14H22N2O2/c1-10(15)11-6-7-16(9-11)13-5-4-12(17-2)8-14(13)18-3/h4-5,8,10-11H,6-7,9,15H2,1-3H3. The third kappa shape index (κ3) is 2.53. The van der Waals surface area contributed by atoms with E-state index in [1.165, 1.54) is 0 Å². The van der Waals surface area contributed by atoms with Crippen molar-refractivity contribution in [3.63, 3.8) is 0 Å². The maximum Gasteiger partial charge on any atom is 0.145 e. The van der Waals surface area contributed by atoms with E-state index in [0.29, 0.717) is 5.92 Å². The van der Waals surface area contributed by atoms with Crippen LogP contribution in [0.15, 0.2) is 18.2 Å². The number of hydrogen-bond acceptors (Lipinski definition) is 4. The fourth-order valence-electron chi connectivity index (χ4n) is 2.48. The summed E-state index contributed by atoms with van der Waals surface area (Å²) in [7, 11) is 3.35. The lowest BCUT2D eigenvalue weighted by Crippen LogP contribution is -2.29. The molecule has 4 nitrogen and oxygen atoms in total. The normalized spacial score (nSPS) is 20.9. The Hall–Kier alpha value is -1.42. The van der Waals surface area contributed by atoms with Crippen molar-refractivity contribution < 1.29 is 9.47 Å². The van der Waals surface area contributed by atoms with Crippen LogP contribution in [0.25, 0.3) is 0 Å². The first-order valence-electron chi connectivity index (χ1n) is 6.38. The predicted octanol–water partition coefficient (Wildman–Crippen LogP) is 1.88. The van der Waals surface area contributed by atoms with Crippen LogP contribution >= 0.6 is 0 Å².